The number of hydrogen-bond acceptors (Lipinski definition) is 3. The van der Waals surface area contributed by atoms with Gasteiger partial charge in [0.2, 0.25) is 0 Å². The lowest BCUT2D eigenvalue weighted by Gasteiger charge is -2.12. The highest BCUT2D eigenvalue weighted by molar-refractivity contribution is 5.92. The molecule has 1 rings (SSSR count). The molecule has 0 aromatic rings. The molecule has 0 atom stereocenters. The van der Waals surface area contributed by atoms with Crippen molar-refractivity contribution in [3.63, 3.8) is 0 Å². The first-order chi connectivity index (χ1) is 6.63. The SMILES string of the molecule is C=C(CC1=CC(=O)CCC1)C(=O)OC. The van der Waals surface area contributed by atoms with Crippen molar-refractivity contribution in [2.45, 2.75) is 25.7 Å². The third-order valence-corrected chi connectivity index (χ3v) is 2.20. The molecule has 1 aliphatic carbocycles. The lowest BCUT2D eigenvalue weighted by Crippen LogP contribution is -2.08. The summed E-state index contributed by atoms with van der Waals surface area (Å²) in [5, 5.41) is 0. The number of ketones is 1. The van der Waals surface area contributed by atoms with Crippen LogP contribution in [0.3, 0.4) is 0 Å². The Balaban J connectivity index is 2.56. The van der Waals surface area contributed by atoms with Gasteiger partial charge in [0.15, 0.2) is 5.78 Å². The minimum atomic E-state index is -0.399. The number of carbonyl (C=O) groups excluding carboxylic acids is 2. The van der Waals surface area contributed by atoms with E-state index in [0.717, 1.165) is 18.4 Å². The zero-order valence-corrected chi connectivity index (χ0v) is 8.34. The van der Waals surface area contributed by atoms with E-state index in [1.165, 1.54) is 7.11 Å². The Morgan fingerprint density at radius 3 is 2.86 bits per heavy atom. The summed E-state index contributed by atoms with van der Waals surface area (Å²) >= 11 is 0. The average Bonchev–Trinajstić information content (AvgIpc) is 2.16. The molecule has 0 saturated carbocycles. The maximum atomic E-state index is 11.1. The van der Waals surface area contributed by atoms with Crippen molar-refractivity contribution in [2.75, 3.05) is 7.11 Å². The van der Waals surface area contributed by atoms with Gasteiger partial charge in [-0.05, 0) is 18.9 Å². The van der Waals surface area contributed by atoms with Crippen LogP contribution in [0.5, 0.6) is 0 Å². The molecular weight excluding hydrogens is 180 g/mol. The topological polar surface area (TPSA) is 43.4 Å². The van der Waals surface area contributed by atoms with Crippen molar-refractivity contribution < 1.29 is 14.3 Å². The number of hydrogen-bond donors (Lipinski definition) is 0. The first-order valence-electron chi connectivity index (χ1n) is 4.62. The highest BCUT2D eigenvalue weighted by atomic mass is 16.5. The summed E-state index contributed by atoms with van der Waals surface area (Å²) in [5.41, 5.74) is 1.39. The van der Waals surface area contributed by atoms with Crippen LogP contribution in [0.2, 0.25) is 0 Å². The van der Waals surface area contributed by atoms with Gasteiger partial charge in [0.25, 0.3) is 0 Å². The second kappa shape index (κ2) is 4.74. The molecule has 0 amide bonds. The summed E-state index contributed by atoms with van der Waals surface area (Å²) in [7, 11) is 1.33. The highest BCUT2D eigenvalue weighted by Gasteiger charge is 2.13. The molecule has 0 radical (unpaired) electrons. The van der Waals surface area contributed by atoms with E-state index in [1.54, 1.807) is 6.08 Å². The van der Waals surface area contributed by atoms with Gasteiger partial charge in [-0.15, -0.1) is 0 Å². The minimum absolute atomic E-state index is 0.143. The van der Waals surface area contributed by atoms with Crippen LogP contribution >= 0.6 is 0 Å². The highest BCUT2D eigenvalue weighted by Crippen LogP contribution is 2.21. The van der Waals surface area contributed by atoms with Crippen molar-refractivity contribution >= 4 is 11.8 Å². The second-order valence-electron chi connectivity index (χ2n) is 3.39. The fourth-order valence-electron chi connectivity index (χ4n) is 1.49. The smallest absolute Gasteiger partial charge is 0.333 e. The Hall–Kier alpha value is -1.38. The van der Waals surface area contributed by atoms with Crippen LogP contribution in [0.1, 0.15) is 25.7 Å². The third kappa shape index (κ3) is 2.83. The number of ether oxygens (including phenoxy) is 1. The molecule has 0 fully saturated rings. The number of allylic oxidation sites excluding steroid dienone is 2. The van der Waals surface area contributed by atoms with E-state index in [0.29, 0.717) is 18.4 Å². The van der Waals surface area contributed by atoms with Gasteiger partial charge < -0.3 is 4.74 Å². The Morgan fingerprint density at radius 1 is 1.57 bits per heavy atom. The zero-order valence-electron chi connectivity index (χ0n) is 8.34. The number of rotatable bonds is 3. The molecule has 14 heavy (non-hydrogen) atoms. The maximum Gasteiger partial charge on any atom is 0.333 e. The van der Waals surface area contributed by atoms with Crippen molar-refractivity contribution in [1.29, 1.82) is 0 Å². The Morgan fingerprint density at radius 2 is 2.29 bits per heavy atom. The van der Waals surface area contributed by atoms with Gasteiger partial charge in [0, 0.05) is 18.4 Å². The molecule has 76 valence electrons. The largest absolute Gasteiger partial charge is 0.466 e. The van der Waals surface area contributed by atoms with Crippen LogP contribution in [0.25, 0.3) is 0 Å². The van der Waals surface area contributed by atoms with Crippen LogP contribution in [0.4, 0.5) is 0 Å². The molecule has 0 spiro atoms. The van der Waals surface area contributed by atoms with E-state index in [1.807, 2.05) is 0 Å². The van der Waals surface area contributed by atoms with Crippen LogP contribution in [0.15, 0.2) is 23.8 Å². The van der Waals surface area contributed by atoms with E-state index >= 15 is 0 Å². The summed E-state index contributed by atoms with van der Waals surface area (Å²) in [6, 6.07) is 0. The Kier molecular flexibility index (Phi) is 3.63. The molecule has 0 N–H and O–H groups in total. The minimum Gasteiger partial charge on any atom is -0.466 e. The van der Waals surface area contributed by atoms with Crippen LogP contribution in [-0.4, -0.2) is 18.9 Å². The van der Waals surface area contributed by atoms with Crippen LogP contribution < -0.4 is 0 Å². The molecule has 0 unspecified atom stereocenters. The first kappa shape index (κ1) is 10.7. The summed E-state index contributed by atoms with van der Waals surface area (Å²) in [4.78, 5) is 22.1. The lowest BCUT2D eigenvalue weighted by molar-refractivity contribution is -0.136. The molecule has 0 saturated heterocycles. The fourth-order valence-corrected chi connectivity index (χ4v) is 1.49. The van der Waals surface area contributed by atoms with E-state index in [9.17, 15) is 9.59 Å². The molecular formula is C11H14O3. The summed E-state index contributed by atoms with van der Waals surface area (Å²) in [6.45, 7) is 3.62. The van der Waals surface area contributed by atoms with Gasteiger partial charge >= 0.3 is 5.97 Å². The van der Waals surface area contributed by atoms with Gasteiger partial charge in [-0.3, -0.25) is 4.79 Å². The first-order valence-corrected chi connectivity index (χ1v) is 4.62. The molecule has 0 bridgehead atoms. The van der Waals surface area contributed by atoms with Crippen molar-refractivity contribution in [3.05, 3.63) is 23.8 Å². The number of carbonyl (C=O) groups is 2. The molecule has 3 heteroatoms. The quantitative estimate of drug-likeness (QED) is 0.508. The third-order valence-electron chi connectivity index (χ3n) is 2.20. The van der Waals surface area contributed by atoms with Crippen molar-refractivity contribution in [2.24, 2.45) is 0 Å². The summed E-state index contributed by atoms with van der Waals surface area (Å²) in [6.07, 6.45) is 4.45. The van der Waals surface area contributed by atoms with E-state index < -0.39 is 5.97 Å². The van der Waals surface area contributed by atoms with Gasteiger partial charge in [-0.2, -0.15) is 0 Å². The maximum absolute atomic E-state index is 11.1. The van der Waals surface area contributed by atoms with Crippen LogP contribution in [-0.2, 0) is 14.3 Å². The van der Waals surface area contributed by atoms with E-state index in [2.05, 4.69) is 11.3 Å². The molecule has 3 nitrogen and oxygen atoms in total. The lowest BCUT2D eigenvalue weighted by atomic mass is 9.94. The predicted molar refractivity (Wildman–Crippen MR) is 52.7 cm³/mol. The van der Waals surface area contributed by atoms with Crippen LogP contribution in [0, 0.1) is 0 Å². The monoisotopic (exact) mass is 194 g/mol. The van der Waals surface area contributed by atoms with Gasteiger partial charge in [0.05, 0.1) is 7.11 Å². The Labute approximate surface area is 83.4 Å². The van der Waals surface area contributed by atoms with E-state index in [4.69, 9.17) is 0 Å². The Bertz CT molecular complexity index is 300. The second-order valence-corrected chi connectivity index (χ2v) is 3.39. The molecule has 0 aliphatic heterocycles. The van der Waals surface area contributed by atoms with Gasteiger partial charge in [0.1, 0.15) is 0 Å². The van der Waals surface area contributed by atoms with Gasteiger partial charge in [-0.1, -0.05) is 12.2 Å². The molecule has 0 aromatic heterocycles. The number of esters is 1. The van der Waals surface area contributed by atoms with Gasteiger partial charge in [-0.25, -0.2) is 4.79 Å². The fraction of sp³-hybridized carbons (Fsp3) is 0.455. The molecule has 0 aromatic carbocycles. The summed E-state index contributed by atoms with van der Waals surface area (Å²) in [5.74, 6) is -0.257. The molecule has 0 heterocycles. The average molecular weight is 194 g/mol. The zero-order chi connectivity index (χ0) is 10.6. The summed E-state index contributed by atoms with van der Waals surface area (Å²) < 4.78 is 4.53. The normalized spacial score (nSPS) is 16.1. The molecule has 1 aliphatic rings. The van der Waals surface area contributed by atoms with Crippen molar-refractivity contribution in [3.8, 4) is 0 Å². The van der Waals surface area contributed by atoms with Crippen molar-refractivity contribution in [1.82, 2.24) is 0 Å². The standard InChI is InChI=1S/C11H14O3/c1-8(11(13)14-2)6-9-4-3-5-10(12)7-9/h7H,1,3-6H2,2H3. The van der Waals surface area contributed by atoms with E-state index in [-0.39, 0.29) is 5.78 Å². The number of methoxy groups -OCH3 is 1. The predicted octanol–water partition coefficient (Wildman–Crippen LogP) is 1.79.